The number of amides is 1. The van der Waals surface area contributed by atoms with E-state index in [-0.39, 0.29) is 5.91 Å². The zero-order chi connectivity index (χ0) is 12.1. The van der Waals surface area contributed by atoms with E-state index >= 15 is 0 Å². The second-order valence-electron chi connectivity index (χ2n) is 4.52. The van der Waals surface area contributed by atoms with Gasteiger partial charge in [0.1, 0.15) is 5.69 Å². The van der Waals surface area contributed by atoms with E-state index in [1.807, 2.05) is 29.8 Å². The van der Waals surface area contributed by atoms with Gasteiger partial charge in [0.2, 0.25) is 0 Å². The molecule has 0 aliphatic carbocycles. The highest BCUT2D eigenvalue weighted by molar-refractivity contribution is 5.92. The molecule has 1 saturated heterocycles. The van der Waals surface area contributed by atoms with Crippen LogP contribution < -0.4 is 10.6 Å². The van der Waals surface area contributed by atoms with Crippen molar-refractivity contribution in [3.05, 3.63) is 24.0 Å². The number of aromatic nitrogens is 1. The molecule has 1 fully saturated rings. The van der Waals surface area contributed by atoms with Crippen LogP contribution in [-0.4, -0.2) is 29.6 Å². The molecular formula is C13H21N3O. The second kappa shape index (κ2) is 5.87. The molecule has 2 heterocycles. The lowest BCUT2D eigenvalue weighted by atomic mass is 10.1. The van der Waals surface area contributed by atoms with Gasteiger partial charge in [0.25, 0.3) is 5.91 Å². The zero-order valence-electron chi connectivity index (χ0n) is 10.4. The Morgan fingerprint density at radius 2 is 2.53 bits per heavy atom. The summed E-state index contributed by atoms with van der Waals surface area (Å²) in [6.45, 7) is 4.75. The van der Waals surface area contributed by atoms with Gasteiger partial charge >= 0.3 is 0 Å². The van der Waals surface area contributed by atoms with Crippen LogP contribution >= 0.6 is 0 Å². The number of nitrogens with zero attached hydrogens (tertiary/aromatic N) is 1. The first kappa shape index (κ1) is 12.2. The fourth-order valence-electron chi connectivity index (χ4n) is 2.35. The summed E-state index contributed by atoms with van der Waals surface area (Å²) in [5.74, 6) is 0.0369. The number of aryl methyl sites for hydroxylation is 1. The van der Waals surface area contributed by atoms with Gasteiger partial charge in [0.15, 0.2) is 0 Å². The summed E-state index contributed by atoms with van der Waals surface area (Å²) in [6.07, 6.45) is 5.46. The van der Waals surface area contributed by atoms with Crippen LogP contribution in [0.3, 0.4) is 0 Å². The number of carbonyl (C=O) groups excluding carboxylic acids is 1. The van der Waals surface area contributed by atoms with Gasteiger partial charge in [-0.15, -0.1) is 0 Å². The summed E-state index contributed by atoms with van der Waals surface area (Å²) in [5, 5.41) is 6.42. The maximum absolute atomic E-state index is 11.9. The van der Waals surface area contributed by atoms with Gasteiger partial charge in [-0.25, -0.2) is 0 Å². The Morgan fingerprint density at radius 3 is 3.24 bits per heavy atom. The molecule has 0 spiro atoms. The minimum Gasteiger partial charge on any atom is -0.351 e. The topological polar surface area (TPSA) is 46.1 Å². The van der Waals surface area contributed by atoms with Gasteiger partial charge in [-0.2, -0.15) is 0 Å². The van der Waals surface area contributed by atoms with Crippen LogP contribution in [0.15, 0.2) is 18.3 Å². The molecule has 1 aliphatic rings. The Hall–Kier alpha value is -1.29. The van der Waals surface area contributed by atoms with Crippen molar-refractivity contribution in [2.75, 3.05) is 13.1 Å². The zero-order valence-corrected chi connectivity index (χ0v) is 10.4. The average Bonchev–Trinajstić information content (AvgIpc) is 2.99. The van der Waals surface area contributed by atoms with Crippen molar-refractivity contribution in [3.8, 4) is 0 Å². The van der Waals surface area contributed by atoms with Crippen molar-refractivity contribution in [1.82, 2.24) is 15.2 Å². The van der Waals surface area contributed by atoms with E-state index in [1.54, 1.807) is 0 Å². The van der Waals surface area contributed by atoms with E-state index in [2.05, 4.69) is 10.6 Å². The van der Waals surface area contributed by atoms with E-state index < -0.39 is 0 Å². The molecule has 0 radical (unpaired) electrons. The lowest BCUT2D eigenvalue weighted by molar-refractivity contribution is 0.0943. The van der Waals surface area contributed by atoms with E-state index in [4.69, 9.17) is 0 Å². The summed E-state index contributed by atoms with van der Waals surface area (Å²) in [6, 6.07) is 4.37. The lowest BCUT2D eigenvalue weighted by Gasteiger charge is -2.11. The summed E-state index contributed by atoms with van der Waals surface area (Å²) in [7, 11) is 0. The van der Waals surface area contributed by atoms with Crippen LogP contribution in [-0.2, 0) is 6.54 Å². The van der Waals surface area contributed by atoms with Crippen molar-refractivity contribution >= 4 is 5.91 Å². The maximum atomic E-state index is 11.9. The van der Waals surface area contributed by atoms with Gasteiger partial charge in [-0.1, -0.05) is 0 Å². The highest BCUT2D eigenvalue weighted by atomic mass is 16.1. The largest absolute Gasteiger partial charge is 0.351 e. The van der Waals surface area contributed by atoms with Crippen LogP contribution in [0.5, 0.6) is 0 Å². The Balaban J connectivity index is 1.77. The fraction of sp³-hybridized carbons (Fsp3) is 0.615. The highest BCUT2D eigenvalue weighted by Gasteiger charge is 2.14. The van der Waals surface area contributed by atoms with Crippen molar-refractivity contribution in [1.29, 1.82) is 0 Å². The minimum atomic E-state index is 0.0369. The normalized spacial score (nSPS) is 19.5. The quantitative estimate of drug-likeness (QED) is 0.810. The summed E-state index contributed by atoms with van der Waals surface area (Å²) < 4.78 is 1.96. The van der Waals surface area contributed by atoms with Crippen molar-refractivity contribution in [3.63, 3.8) is 0 Å². The standard InChI is InChI=1S/C13H21N3O/c1-2-16-10-4-6-12(16)13(17)15-9-7-11-5-3-8-14-11/h4,6,10-11,14H,2-3,5,7-9H2,1H3,(H,15,17)/t11-/m1/s1. The van der Waals surface area contributed by atoms with E-state index in [9.17, 15) is 4.79 Å². The molecule has 2 N–H and O–H groups in total. The molecule has 0 aromatic carbocycles. The molecule has 2 rings (SSSR count). The average molecular weight is 235 g/mol. The second-order valence-corrected chi connectivity index (χ2v) is 4.52. The first-order chi connectivity index (χ1) is 8.31. The Kier molecular flexibility index (Phi) is 4.20. The maximum Gasteiger partial charge on any atom is 0.267 e. The Bertz CT molecular complexity index is 366. The molecule has 1 aromatic rings. The first-order valence-corrected chi connectivity index (χ1v) is 6.48. The molecule has 1 aromatic heterocycles. The number of carbonyl (C=O) groups is 1. The van der Waals surface area contributed by atoms with Crippen LogP contribution in [0.2, 0.25) is 0 Å². The summed E-state index contributed by atoms with van der Waals surface area (Å²) in [4.78, 5) is 11.9. The van der Waals surface area contributed by atoms with Gasteiger partial charge in [0, 0.05) is 25.3 Å². The third-order valence-corrected chi connectivity index (χ3v) is 3.34. The molecular weight excluding hydrogens is 214 g/mol. The third kappa shape index (κ3) is 3.09. The lowest BCUT2D eigenvalue weighted by Crippen LogP contribution is -2.31. The van der Waals surface area contributed by atoms with Crippen LogP contribution in [0.1, 0.15) is 36.7 Å². The minimum absolute atomic E-state index is 0.0369. The van der Waals surface area contributed by atoms with Gasteiger partial charge in [-0.3, -0.25) is 4.79 Å². The van der Waals surface area contributed by atoms with E-state index in [0.29, 0.717) is 6.04 Å². The smallest absolute Gasteiger partial charge is 0.267 e. The van der Waals surface area contributed by atoms with Gasteiger partial charge in [-0.05, 0) is 44.9 Å². The number of rotatable bonds is 5. The first-order valence-electron chi connectivity index (χ1n) is 6.48. The monoisotopic (exact) mass is 235 g/mol. The number of nitrogens with one attached hydrogen (secondary N) is 2. The highest BCUT2D eigenvalue weighted by Crippen LogP contribution is 2.08. The molecule has 1 amide bonds. The molecule has 0 bridgehead atoms. The molecule has 94 valence electrons. The predicted octanol–water partition coefficient (Wildman–Crippen LogP) is 1.38. The molecule has 0 unspecified atom stereocenters. The molecule has 1 atom stereocenters. The van der Waals surface area contributed by atoms with E-state index in [0.717, 1.165) is 31.7 Å². The SMILES string of the molecule is CCn1cccc1C(=O)NCC[C@H]1CCCN1. The van der Waals surface area contributed by atoms with Crippen LogP contribution in [0.25, 0.3) is 0 Å². The third-order valence-electron chi connectivity index (χ3n) is 3.34. The van der Waals surface area contributed by atoms with Crippen molar-refractivity contribution in [2.45, 2.75) is 38.8 Å². The predicted molar refractivity (Wildman–Crippen MR) is 68.1 cm³/mol. The molecule has 17 heavy (non-hydrogen) atoms. The number of hydrogen-bond donors (Lipinski definition) is 2. The van der Waals surface area contributed by atoms with Crippen LogP contribution in [0, 0.1) is 0 Å². The Morgan fingerprint density at radius 1 is 1.65 bits per heavy atom. The van der Waals surface area contributed by atoms with Crippen LogP contribution in [0.4, 0.5) is 0 Å². The summed E-state index contributed by atoms with van der Waals surface area (Å²) >= 11 is 0. The molecule has 1 aliphatic heterocycles. The van der Waals surface area contributed by atoms with Gasteiger partial charge in [0.05, 0.1) is 0 Å². The molecule has 4 heteroatoms. The molecule has 4 nitrogen and oxygen atoms in total. The number of hydrogen-bond acceptors (Lipinski definition) is 2. The summed E-state index contributed by atoms with van der Waals surface area (Å²) in [5.41, 5.74) is 0.756. The Labute approximate surface area is 102 Å². The van der Waals surface area contributed by atoms with Crippen molar-refractivity contribution in [2.24, 2.45) is 0 Å². The van der Waals surface area contributed by atoms with Crippen molar-refractivity contribution < 1.29 is 4.79 Å². The van der Waals surface area contributed by atoms with Gasteiger partial charge < -0.3 is 15.2 Å². The molecule has 0 saturated carbocycles. The van der Waals surface area contributed by atoms with E-state index in [1.165, 1.54) is 12.8 Å². The fourth-order valence-corrected chi connectivity index (χ4v) is 2.35.